The van der Waals surface area contributed by atoms with E-state index >= 15 is 0 Å². The van der Waals surface area contributed by atoms with Gasteiger partial charge in [-0.15, -0.1) is 21.5 Å². The van der Waals surface area contributed by atoms with Gasteiger partial charge in [-0.05, 0) is 26.3 Å². The average molecular weight is 292 g/mol. The summed E-state index contributed by atoms with van der Waals surface area (Å²) in [5.41, 5.74) is 1.72. The molecular weight excluding hydrogens is 276 g/mol. The minimum Gasteiger partial charge on any atom is -0.304 e. The van der Waals surface area contributed by atoms with Crippen LogP contribution in [0.3, 0.4) is 0 Å². The molecule has 0 saturated heterocycles. The van der Waals surface area contributed by atoms with Crippen molar-refractivity contribution in [3.8, 4) is 0 Å². The normalized spacial score (nSPS) is 12.3. The van der Waals surface area contributed by atoms with E-state index in [4.69, 9.17) is 0 Å². The molecule has 1 aromatic carbocycles. The highest BCUT2D eigenvalue weighted by molar-refractivity contribution is 7.11. The monoisotopic (exact) mass is 292 g/mol. The van der Waals surface area contributed by atoms with Crippen LogP contribution >= 0.6 is 11.3 Å². The summed E-state index contributed by atoms with van der Waals surface area (Å²) in [6, 6.07) is 5.32. The third kappa shape index (κ3) is 3.37. The van der Waals surface area contributed by atoms with Crippen molar-refractivity contribution in [2.24, 2.45) is 0 Å². The first-order valence-corrected chi connectivity index (χ1v) is 7.06. The second-order valence-corrected chi connectivity index (χ2v) is 5.89. The highest BCUT2D eigenvalue weighted by atomic mass is 32.1. The highest BCUT2D eigenvalue weighted by Crippen LogP contribution is 2.23. The van der Waals surface area contributed by atoms with E-state index in [1.165, 1.54) is 0 Å². The Morgan fingerprint density at radius 2 is 2.15 bits per heavy atom. The molecule has 106 valence electrons. The zero-order chi connectivity index (χ0) is 14.7. The van der Waals surface area contributed by atoms with Crippen molar-refractivity contribution in [1.82, 2.24) is 15.5 Å². The summed E-state index contributed by atoms with van der Waals surface area (Å²) < 4.78 is 0. The molecule has 2 aromatic rings. The molecular formula is C13H16N4O2S. The Morgan fingerprint density at radius 1 is 1.40 bits per heavy atom. The first-order chi connectivity index (χ1) is 9.47. The quantitative estimate of drug-likeness (QED) is 0.677. The van der Waals surface area contributed by atoms with E-state index in [1.807, 2.05) is 19.9 Å². The summed E-state index contributed by atoms with van der Waals surface area (Å²) in [5, 5.41) is 24.1. The lowest BCUT2D eigenvalue weighted by atomic mass is 10.0. The molecule has 0 spiro atoms. The zero-order valence-electron chi connectivity index (χ0n) is 11.6. The van der Waals surface area contributed by atoms with Gasteiger partial charge in [0, 0.05) is 17.7 Å². The van der Waals surface area contributed by atoms with E-state index in [0.29, 0.717) is 12.1 Å². The van der Waals surface area contributed by atoms with Gasteiger partial charge in [-0.1, -0.05) is 12.1 Å². The van der Waals surface area contributed by atoms with Gasteiger partial charge in [-0.3, -0.25) is 10.1 Å². The van der Waals surface area contributed by atoms with Crippen LogP contribution in [0.5, 0.6) is 0 Å². The summed E-state index contributed by atoms with van der Waals surface area (Å²) in [5.74, 6) is 0. The van der Waals surface area contributed by atoms with Gasteiger partial charge >= 0.3 is 0 Å². The van der Waals surface area contributed by atoms with Crippen molar-refractivity contribution >= 4 is 17.0 Å². The average Bonchev–Trinajstić information content (AvgIpc) is 2.82. The number of nitrogens with zero attached hydrogens (tertiary/aromatic N) is 3. The van der Waals surface area contributed by atoms with Gasteiger partial charge in [-0.25, -0.2) is 0 Å². The summed E-state index contributed by atoms with van der Waals surface area (Å²) >= 11 is 1.54. The fraction of sp³-hybridized carbons (Fsp3) is 0.385. The lowest BCUT2D eigenvalue weighted by molar-refractivity contribution is -0.385. The minimum atomic E-state index is -0.348. The Balaban J connectivity index is 2.07. The molecule has 2 rings (SSSR count). The van der Waals surface area contributed by atoms with Crippen LogP contribution in [0.25, 0.3) is 0 Å². The van der Waals surface area contributed by atoms with E-state index in [2.05, 4.69) is 15.5 Å². The molecule has 1 N–H and O–H groups in total. The number of hydrogen-bond donors (Lipinski definition) is 1. The molecule has 1 heterocycles. The van der Waals surface area contributed by atoms with Crippen molar-refractivity contribution in [3.63, 3.8) is 0 Å². The van der Waals surface area contributed by atoms with Gasteiger partial charge in [0.2, 0.25) is 0 Å². The Kier molecular flexibility index (Phi) is 4.41. The molecule has 0 radical (unpaired) electrons. The number of hydrogen-bond acceptors (Lipinski definition) is 6. The van der Waals surface area contributed by atoms with Crippen LogP contribution in [0.1, 0.15) is 34.1 Å². The molecule has 0 aliphatic rings. The van der Waals surface area contributed by atoms with Crippen LogP contribution < -0.4 is 5.32 Å². The Morgan fingerprint density at radius 3 is 2.75 bits per heavy atom. The number of rotatable bonds is 5. The predicted molar refractivity (Wildman–Crippen MR) is 77.7 cm³/mol. The van der Waals surface area contributed by atoms with Crippen molar-refractivity contribution < 1.29 is 4.92 Å². The van der Waals surface area contributed by atoms with E-state index in [-0.39, 0.29) is 16.7 Å². The highest BCUT2D eigenvalue weighted by Gasteiger charge is 2.14. The van der Waals surface area contributed by atoms with E-state index in [9.17, 15) is 10.1 Å². The molecule has 0 amide bonds. The maximum atomic E-state index is 10.9. The fourth-order valence-corrected chi connectivity index (χ4v) is 2.52. The summed E-state index contributed by atoms with van der Waals surface area (Å²) in [6.07, 6.45) is 0. The van der Waals surface area contributed by atoms with Crippen LogP contribution in [-0.4, -0.2) is 15.1 Å². The molecule has 0 saturated carbocycles. The van der Waals surface area contributed by atoms with Gasteiger partial charge in [-0.2, -0.15) is 0 Å². The summed E-state index contributed by atoms with van der Waals surface area (Å²) in [6.45, 7) is 6.23. The standard InChI is InChI=1S/C13H16N4O2S/c1-8-4-5-11(6-12(8)17(18)19)9(2)14-7-13-16-15-10(3)20-13/h4-6,9,14H,7H2,1-3H3/t9-/m1/s1. The second kappa shape index (κ2) is 6.06. The largest absolute Gasteiger partial charge is 0.304 e. The number of aryl methyl sites for hydroxylation is 2. The van der Waals surface area contributed by atoms with Gasteiger partial charge in [0.15, 0.2) is 0 Å². The SMILES string of the molecule is Cc1nnc(CN[C@H](C)c2ccc(C)c([N+](=O)[O-])c2)s1. The molecule has 0 bridgehead atoms. The molecule has 0 unspecified atom stereocenters. The van der Waals surface area contributed by atoms with Gasteiger partial charge < -0.3 is 5.32 Å². The Hall–Kier alpha value is -1.86. The Bertz CT molecular complexity index is 627. The first kappa shape index (κ1) is 14.5. The number of nitro benzene ring substituents is 1. The third-order valence-corrected chi connectivity index (χ3v) is 3.90. The molecule has 7 heteroatoms. The smallest absolute Gasteiger partial charge is 0.272 e. The number of nitrogens with one attached hydrogen (secondary N) is 1. The van der Waals surface area contributed by atoms with E-state index < -0.39 is 0 Å². The summed E-state index contributed by atoms with van der Waals surface area (Å²) in [7, 11) is 0. The number of nitro groups is 1. The molecule has 1 aromatic heterocycles. The van der Waals surface area contributed by atoms with Crippen molar-refractivity contribution in [2.45, 2.75) is 33.4 Å². The minimum absolute atomic E-state index is 0.0125. The van der Waals surface area contributed by atoms with Crippen LogP contribution in [0, 0.1) is 24.0 Å². The van der Waals surface area contributed by atoms with Crippen LogP contribution in [0.4, 0.5) is 5.69 Å². The lowest BCUT2D eigenvalue weighted by Gasteiger charge is -2.13. The first-order valence-electron chi connectivity index (χ1n) is 6.24. The van der Waals surface area contributed by atoms with Gasteiger partial charge in [0.05, 0.1) is 11.5 Å². The summed E-state index contributed by atoms with van der Waals surface area (Å²) in [4.78, 5) is 10.6. The predicted octanol–water partition coefficient (Wildman–Crippen LogP) is 2.91. The van der Waals surface area contributed by atoms with Gasteiger partial charge in [0.25, 0.3) is 5.69 Å². The topological polar surface area (TPSA) is 81.0 Å². The second-order valence-electron chi connectivity index (χ2n) is 4.62. The maximum Gasteiger partial charge on any atom is 0.272 e. The van der Waals surface area contributed by atoms with Crippen molar-refractivity contribution in [1.29, 1.82) is 0 Å². The van der Waals surface area contributed by atoms with Gasteiger partial charge in [0.1, 0.15) is 10.0 Å². The molecule has 0 aliphatic heterocycles. The van der Waals surface area contributed by atoms with Crippen molar-refractivity contribution in [3.05, 3.63) is 49.5 Å². The van der Waals surface area contributed by atoms with E-state index in [1.54, 1.807) is 30.4 Å². The number of aromatic nitrogens is 2. The van der Waals surface area contributed by atoms with Crippen LogP contribution in [0.15, 0.2) is 18.2 Å². The molecule has 0 fully saturated rings. The maximum absolute atomic E-state index is 10.9. The van der Waals surface area contributed by atoms with Crippen LogP contribution in [-0.2, 0) is 6.54 Å². The van der Waals surface area contributed by atoms with Crippen LogP contribution in [0.2, 0.25) is 0 Å². The molecule has 6 nitrogen and oxygen atoms in total. The molecule has 1 atom stereocenters. The lowest BCUT2D eigenvalue weighted by Crippen LogP contribution is -2.18. The zero-order valence-corrected chi connectivity index (χ0v) is 12.4. The molecule has 0 aliphatic carbocycles. The number of benzene rings is 1. The fourth-order valence-electron chi connectivity index (χ4n) is 1.86. The molecule has 20 heavy (non-hydrogen) atoms. The van der Waals surface area contributed by atoms with E-state index in [0.717, 1.165) is 15.6 Å². The third-order valence-electron chi connectivity index (χ3n) is 3.06. The Labute approximate surface area is 121 Å². The van der Waals surface area contributed by atoms with Crippen molar-refractivity contribution in [2.75, 3.05) is 0 Å².